The zero-order chi connectivity index (χ0) is 17.3. The normalized spacial score (nSPS) is 19.2. The van der Waals surface area contributed by atoms with E-state index < -0.39 is 0 Å². The number of ether oxygens (including phenoxy) is 1. The van der Waals surface area contributed by atoms with Gasteiger partial charge in [0.05, 0.1) is 6.54 Å². The van der Waals surface area contributed by atoms with E-state index >= 15 is 0 Å². The summed E-state index contributed by atoms with van der Waals surface area (Å²) >= 11 is 0. The number of benzene rings is 2. The zero-order valence-corrected chi connectivity index (χ0v) is 14.4. The van der Waals surface area contributed by atoms with Crippen molar-refractivity contribution in [2.24, 2.45) is 0 Å². The van der Waals surface area contributed by atoms with Crippen LogP contribution in [0.25, 0.3) is 11.1 Å². The number of rotatable bonds is 3. The molecule has 1 aliphatic heterocycles. The van der Waals surface area contributed by atoms with Gasteiger partial charge in [-0.05, 0) is 54.5 Å². The summed E-state index contributed by atoms with van der Waals surface area (Å²) in [6, 6.07) is 16.2. The Labute approximate surface area is 148 Å². The van der Waals surface area contributed by atoms with Crippen LogP contribution in [0.1, 0.15) is 37.7 Å². The zero-order valence-electron chi connectivity index (χ0n) is 14.4. The van der Waals surface area contributed by atoms with Crippen LogP contribution in [0.5, 0.6) is 0 Å². The molecule has 2 aromatic rings. The number of hydrogen-bond donors (Lipinski definition) is 1. The van der Waals surface area contributed by atoms with Gasteiger partial charge in [-0.2, -0.15) is 0 Å². The van der Waals surface area contributed by atoms with E-state index in [1.54, 1.807) is 0 Å². The quantitative estimate of drug-likeness (QED) is 0.834. The molecule has 1 heterocycles. The van der Waals surface area contributed by atoms with Gasteiger partial charge in [-0.3, -0.25) is 4.90 Å². The lowest BCUT2D eigenvalue weighted by Gasteiger charge is -2.30. The molecule has 2 fully saturated rings. The molecule has 130 valence electrons. The highest BCUT2D eigenvalue weighted by Crippen LogP contribution is 2.37. The first kappa shape index (κ1) is 16.0. The summed E-state index contributed by atoms with van der Waals surface area (Å²) in [5.41, 5.74) is 9.75. The van der Waals surface area contributed by atoms with Crippen molar-refractivity contribution in [1.82, 2.24) is 4.90 Å². The Balaban J connectivity index is 1.45. The first-order valence-corrected chi connectivity index (χ1v) is 9.06. The summed E-state index contributed by atoms with van der Waals surface area (Å²) in [5.74, 6) is 0. The molecule has 4 nitrogen and oxygen atoms in total. The topological polar surface area (TPSA) is 55.6 Å². The van der Waals surface area contributed by atoms with E-state index in [1.165, 1.54) is 6.42 Å². The Morgan fingerprint density at radius 1 is 1.00 bits per heavy atom. The van der Waals surface area contributed by atoms with Gasteiger partial charge in [0.15, 0.2) is 0 Å². The highest BCUT2D eigenvalue weighted by molar-refractivity contribution is 5.71. The Kier molecular flexibility index (Phi) is 4.12. The monoisotopic (exact) mass is 336 g/mol. The molecule has 0 radical (unpaired) electrons. The van der Waals surface area contributed by atoms with Crippen LogP contribution in [0.3, 0.4) is 0 Å². The van der Waals surface area contributed by atoms with Gasteiger partial charge in [-0.25, -0.2) is 4.79 Å². The predicted molar refractivity (Wildman–Crippen MR) is 99.0 cm³/mol. The third kappa shape index (κ3) is 3.34. The van der Waals surface area contributed by atoms with E-state index in [0.717, 1.165) is 54.6 Å². The third-order valence-electron chi connectivity index (χ3n) is 5.35. The van der Waals surface area contributed by atoms with E-state index in [9.17, 15) is 4.79 Å². The van der Waals surface area contributed by atoms with Crippen LogP contribution in [0.15, 0.2) is 48.5 Å². The maximum Gasteiger partial charge on any atom is 0.410 e. The second-order valence-electron chi connectivity index (χ2n) is 7.29. The number of carbonyl (C=O) groups is 1. The van der Waals surface area contributed by atoms with Gasteiger partial charge in [0.1, 0.15) is 5.60 Å². The van der Waals surface area contributed by atoms with E-state index in [2.05, 4.69) is 30.3 Å². The Morgan fingerprint density at radius 2 is 1.76 bits per heavy atom. The van der Waals surface area contributed by atoms with Crippen molar-refractivity contribution in [2.45, 2.75) is 44.2 Å². The van der Waals surface area contributed by atoms with Gasteiger partial charge in [-0.15, -0.1) is 0 Å². The van der Waals surface area contributed by atoms with Crippen molar-refractivity contribution < 1.29 is 9.53 Å². The van der Waals surface area contributed by atoms with Gasteiger partial charge in [0.2, 0.25) is 0 Å². The van der Waals surface area contributed by atoms with Crippen molar-refractivity contribution >= 4 is 11.8 Å². The van der Waals surface area contributed by atoms with E-state index in [-0.39, 0.29) is 11.7 Å². The van der Waals surface area contributed by atoms with E-state index in [1.807, 2.05) is 23.1 Å². The highest BCUT2D eigenvalue weighted by atomic mass is 16.6. The van der Waals surface area contributed by atoms with Gasteiger partial charge < -0.3 is 10.5 Å². The standard InChI is InChI=1S/C21H24N2O2/c22-19-6-4-5-18(13-19)17-9-7-16(8-10-17)14-23-15-21(25-20(23)24)11-2-1-3-12-21/h4-10,13H,1-3,11-12,14-15,22H2. The minimum Gasteiger partial charge on any atom is -0.441 e. The molecule has 0 aromatic heterocycles. The Morgan fingerprint density at radius 3 is 2.48 bits per heavy atom. The molecule has 25 heavy (non-hydrogen) atoms. The molecule has 0 atom stereocenters. The first-order valence-electron chi connectivity index (χ1n) is 9.06. The fourth-order valence-electron chi connectivity index (χ4n) is 4.01. The number of hydrogen-bond acceptors (Lipinski definition) is 3. The van der Waals surface area contributed by atoms with E-state index in [0.29, 0.717) is 6.54 Å². The van der Waals surface area contributed by atoms with Crippen LogP contribution < -0.4 is 5.73 Å². The molecule has 1 saturated carbocycles. The fraction of sp³-hybridized carbons (Fsp3) is 0.381. The highest BCUT2D eigenvalue weighted by Gasteiger charge is 2.45. The molecule has 1 aliphatic carbocycles. The molecule has 0 unspecified atom stereocenters. The molecule has 4 heteroatoms. The number of carbonyl (C=O) groups excluding carboxylic acids is 1. The largest absolute Gasteiger partial charge is 0.441 e. The summed E-state index contributed by atoms with van der Waals surface area (Å²) in [7, 11) is 0. The average Bonchev–Trinajstić information content (AvgIpc) is 2.91. The number of anilines is 1. The van der Waals surface area contributed by atoms with Crippen molar-refractivity contribution in [3.63, 3.8) is 0 Å². The molecule has 2 N–H and O–H groups in total. The van der Waals surface area contributed by atoms with Crippen molar-refractivity contribution in [1.29, 1.82) is 0 Å². The van der Waals surface area contributed by atoms with Crippen molar-refractivity contribution in [3.8, 4) is 11.1 Å². The van der Waals surface area contributed by atoms with Crippen LogP contribution >= 0.6 is 0 Å². The molecule has 1 spiro atoms. The average molecular weight is 336 g/mol. The van der Waals surface area contributed by atoms with Crippen LogP contribution in [-0.4, -0.2) is 23.1 Å². The molecule has 0 bridgehead atoms. The summed E-state index contributed by atoms with van der Waals surface area (Å²) in [6.45, 7) is 1.33. The molecular formula is C21H24N2O2. The lowest BCUT2D eigenvalue weighted by atomic mass is 9.85. The van der Waals surface area contributed by atoms with Gasteiger partial charge in [0, 0.05) is 12.2 Å². The van der Waals surface area contributed by atoms with Crippen molar-refractivity contribution in [3.05, 3.63) is 54.1 Å². The van der Waals surface area contributed by atoms with Gasteiger partial charge in [0.25, 0.3) is 0 Å². The summed E-state index contributed by atoms with van der Waals surface area (Å²) in [5, 5.41) is 0. The molecular weight excluding hydrogens is 312 g/mol. The second-order valence-corrected chi connectivity index (χ2v) is 7.29. The minimum absolute atomic E-state index is 0.165. The summed E-state index contributed by atoms with van der Waals surface area (Å²) in [4.78, 5) is 14.1. The lowest BCUT2D eigenvalue weighted by molar-refractivity contribution is 0.0260. The number of nitrogens with two attached hydrogens (primary N) is 1. The lowest BCUT2D eigenvalue weighted by Crippen LogP contribution is -2.36. The molecule has 2 aromatic carbocycles. The molecule has 1 amide bonds. The number of amides is 1. The molecule has 2 aliphatic rings. The Hall–Kier alpha value is -2.49. The van der Waals surface area contributed by atoms with Crippen molar-refractivity contribution in [2.75, 3.05) is 12.3 Å². The third-order valence-corrected chi connectivity index (χ3v) is 5.35. The van der Waals surface area contributed by atoms with Crippen LogP contribution in [0.4, 0.5) is 10.5 Å². The molecule has 1 saturated heterocycles. The number of nitrogen functional groups attached to an aromatic ring is 1. The second kappa shape index (κ2) is 6.43. The smallest absolute Gasteiger partial charge is 0.410 e. The maximum absolute atomic E-state index is 12.3. The van der Waals surface area contributed by atoms with Crippen LogP contribution in [0, 0.1) is 0 Å². The number of nitrogens with zero attached hydrogens (tertiary/aromatic N) is 1. The predicted octanol–water partition coefficient (Wildman–Crippen LogP) is 4.59. The summed E-state index contributed by atoms with van der Waals surface area (Å²) in [6.07, 6.45) is 5.42. The maximum atomic E-state index is 12.3. The van der Waals surface area contributed by atoms with Crippen LogP contribution in [-0.2, 0) is 11.3 Å². The van der Waals surface area contributed by atoms with E-state index in [4.69, 9.17) is 10.5 Å². The molecule has 4 rings (SSSR count). The SMILES string of the molecule is Nc1cccc(-c2ccc(CN3CC4(CCCCC4)OC3=O)cc2)c1. The summed E-state index contributed by atoms with van der Waals surface area (Å²) < 4.78 is 5.75. The van der Waals surface area contributed by atoms with Gasteiger partial charge >= 0.3 is 6.09 Å². The fourth-order valence-corrected chi connectivity index (χ4v) is 4.01. The van der Waals surface area contributed by atoms with Gasteiger partial charge in [-0.1, -0.05) is 42.8 Å². The first-order chi connectivity index (χ1) is 12.1. The van der Waals surface area contributed by atoms with Crippen LogP contribution in [0.2, 0.25) is 0 Å². The minimum atomic E-state index is -0.225. The Bertz CT molecular complexity index is 764.